The van der Waals surface area contributed by atoms with Gasteiger partial charge in [-0.2, -0.15) is 9.61 Å². The van der Waals surface area contributed by atoms with Gasteiger partial charge in [0.2, 0.25) is 11.8 Å². The van der Waals surface area contributed by atoms with Crippen molar-refractivity contribution < 1.29 is 13.9 Å². The highest BCUT2D eigenvalue weighted by Gasteiger charge is 2.11. The Morgan fingerprint density at radius 1 is 0.889 bits per heavy atom. The third-order valence-electron chi connectivity index (χ3n) is 5.24. The van der Waals surface area contributed by atoms with Gasteiger partial charge in [0.25, 0.3) is 5.56 Å². The summed E-state index contributed by atoms with van der Waals surface area (Å²) in [5.74, 6) is 0.156. The molecule has 1 N–H and O–H groups in total. The quantitative estimate of drug-likeness (QED) is 0.335. The molecule has 3 heterocycles. The second-order valence-corrected chi connectivity index (χ2v) is 7.75. The van der Waals surface area contributed by atoms with E-state index in [1.54, 1.807) is 28.8 Å². The van der Waals surface area contributed by atoms with Gasteiger partial charge >= 0.3 is 0 Å². The summed E-state index contributed by atoms with van der Waals surface area (Å²) in [6.45, 7) is 0.0862. The van der Waals surface area contributed by atoms with Crippen LogP contribution in [-0.4, -0.2) is 48.7 Å². The number of nitrogens with zero attached hydrogens (tertiary/aromatic N) is 6. The SMILES string of the molecule is O=C(Cn1nc(-c2ccc(F)cc2)ccc1=O)NCCOc1ccc2nnc(-c3ccccc3)n2n1. The number of halogens is 1. The van der Waals surface area contributed by atoms with Gasteiger partial charge in [-0.3, -0.25) is 9.59 Å². The maximum atomic E-state index is 13.2. The smallest absolute Gasteiger partial charge is 0.267 e. The Hall–Kier alpha value is -4.93. The molecule has 0 saturated carbocycles. The molecule has 0 fully saturated rings. The van der Waals surface area contributed by atoms with Crippen molar-refractivity contribution in [3.05, 3.63) is 95.0 Å². The summed E-state index contributed by atoms with van der Waals surface area (Å²) in [6.07, 6.45) is 0. The third-order valence-corrected chi connectivity index (χ3v) is 5.24. The van der Waals surface area contributed by atoms with E-state index in [0.717, 1.165) is 10.2 Å². The van der Waals surface area contributed by atoms with Crippen LogP contribution in [0.15, 0.2) is 83.7 Å². The molecule has 0 bridgehead atoms. The van der Waals surface area contributed by atoms with Crippen LogP contribution in [0.25, 0.3) is 28.3 Å². The molecule has 0 aliphatic heterocycles. The molecule has 0 unspecified atom stereocenters. The zero-order valence-corrected chi connectivity index (χ0v) is 18.9. The predicted molar refractivity (Wildman–Crippen MR) is 129 cm³/mol. The predicted octanol–water partition coefficient (Wildman–Crippen LogP) is 2.35. The van der Waals surface area contributed by atoms with Crippen molar-refractivity contribution in [2.45, 2.75) is 6.54 Å². The van der Waals surface area contributed by atoms with Crippen LogP contribution < -0.4 is 15.6 Å². The van der Waals surface area contributed by atoms with Crippen molar-refractivity contribution in [2.24, 2.45) is 0 Å². The van der Waals surface area contributed by atoms with Crippen LogP contribution in [0.5, 0.6) is 5.88 Å². The van der Waals surface area contributed by atoms with Crippen molar-refractivity contribution >= 4 is 11.6 Å². The van der Waals surface area contributed by atoms with Crippen molar-refractivity contribution in [3.63, 3.8) is 0 Å². The molecule has 0 saturated heterocycles. The summed E-state index contributed by atoms with van der Waals surface area (Å²) in [7, 11) is 0. The second-order valence-electron chi connectivity index (χ2n) is 7.75. The number of fused-ring (bicyclic) bond motifs is 1. The first-order valence-electron chi connectivity index (χ1n) is 11.1. The van der Waals surface area contributed by atoms with Crippen LogP contribution in [0.2, 0.25) is 0 Å². The van der Waals surface area contributed by atoms with Gasteiger partial charge in [0.15, 0.2) is 11.5 Å². The summed E-state index contributed by atoms with van der Waals surface area (Å²) < 4.78 is 21.5. The minimum absolute atomic E-state index is 0.158. The summed E-state index contributed by atoms with van der Waals surface area (Å²) in [5, 5.41) is 19.6. The number of nitrogens with one attached hydrogen (secondary N) is 1. The highest BCUT2D eigenvalue weighted by Crippen LogP contribution is 2.18. The van der Waals surface area contributed by atoms with E-state index in [-0.39, 0.29) is 25.5 Å². The Kier molecular flexibility index (Phi) is 6.43. The fourth-order valence-electron chi connectivity index (χ4n) is 3.49. The van der Waals surface area contributed by atoms with E-state index in [0.29, 0.717) is 28.6 Å². The van der Waals surface area contributed by atoms with Crippen molar-refractivity contribution in [3.8, 4) is 28.5 Å². The maximum Gasteiger partial charge on any atom is 0.267 e. The lowest BCUT2D eigenvalue weighted by Crippen LogP contribution is -2.35. The Bertz CT molecular complexity index is 1570. The van der Waals surface area contributed by atoms with E-state index in [4.69, 9.17) is 4.74 Å². The first-order valence-corrected chi connectivity index (χ1v) is 11.1. The summed E-state index contributed by atoms with van der Waals surface area (Å²) in [5.41, 5.74) is 2.11. The molecular weight excluding hydrogens is 465 g/mol. The molecule has 0 radical (unpaired) electrons. The first kappa shape index (κ1) is 22.8. The highest BCUT2D eigenvalue weighted by atomic mass is 19.1. The van der Waals surface area contributed by atoms with Gasteiger partial charge in [-0.25, -0.2) is 9.07 Å². The lowest BCUT2D eigenvalue weighted by molar-refractivity contribution is -0.122. The molecule has 180 valence electrons. The van der Waals surface area contributed by atoms with Crippen molar-refractivity contribution in [2.75, 3.05) is 13.2 Å². The lowest BCUT2D eigenvalue weighted by atomic mass is 10.1. The van der Waals surface area contributed by atoms with Gasteiger partial charge in [-0.05, 0) is 36.4 Å². The number of carbonyl (C=O) groups excluding carboxylic acids is 1. The molecule has 1 amide bonds. The molecule has 3 aromatic heterocycles. The molecule has 36 heavy (non-hydrogen) atoms. The highest BCUT2D eigenvalue weighted by molar-refractivity contribution is 5.75. The van der Waals surface area contributed by atoms with E-state index >= 15 is 0 Å². The van der Waals surface area contributed by atoms with Gasteiger partial charge in [0.05, 0.1) is 12.2 Å². The van der Waals surface area contributed by atoms with E-state index in [1.165, 1.54) is 24.3 Å². The van der Waals surface area contributed by atoms with Gasteiger partial charge in [0, 0.05) is 23.3 Å². The van der Waals surface area contributed by atoms with Crippen LogP contribution >= 0.6 is 0 Å². The standard InChI is InChI=1S/C25H20FN7O3/c26-19-8-6-17(7-9-19)20-10-13-24(35)32(30-20)16-22(34)27-14-15-36-23-12-11-21-28-29-25(33(21)31-23)18-4-2-1-3-5-18/h1-13H,14-16H2,(H,27,34). The molecule has 0 spiro atoms. The zero-order valence-electron chi connectivity index (χ0n) is 18.9. The molecule has 5 aromatic rings. The lowest BCUT2D eigenvalue weighted by Gasteiger charge is -2.09. The molecule has 0 atom stereocenters. The molecule has 0 aliphatic rings. The van der Waals surface area contributed by atoms with Crippen LogP contribution in [0.3, 0.4) is 0 Å². The van der Waals surface area contributed by atoms with E-state index in [9.17, 15) is 14.0 Å². The number of benzene rings is 2. The van der Waals surface area contributed by atoms with E-state index in [2.05, 4.69) is 25.7 Å². The average molecular weight is 485 g/mol. The number of carbonyl (C=O) groups is 1. The molecule has 0 aliphatic carbocycles. The number of hydrogen-bond acceptors (Lipinski definition) is 7. The van der Waals surface area contributed by atoms with Crippen molar-refractivity contribution in [1.82, 2.24) is 34.9 Å². The van der Waals surface area contributed by atoms with Crippen LogP contribution in [0.1, 0.15) is 0 Å². The topological polar surface area (TPSA) is 116 Å². The van der Waals surface area contributed by atoms with Crippen LogP contribution in [0.4, 0.5) is 4.39 Å². The molecule has 11 heteroatoms. The zero-order chi connectivity index (χ0) is 24.9. The minimum Gasteiger partial charge on any atom is -0.475 e. The molecule has 2 aromatic carbocycles. The summed E-state index contributed by atoms with van der Waals surface area (Å²) in [4.78, 5) is 24.5. The monoisotopic (exact) mass is 485 g/mol. The Morgan fingerprint density at radius 2 is 1.69 bits per heavy atom. The van der Waals surface area contributed by atoms with Gasteiger partial charge in [-0.15, -0.1) is 15.3 Å². The number of hydrogen-bond donors (Lipinski definition) is 1. The van der Waals surface area contributed by atoms with Gasteiger partial charge in [0.1, 0.15) is 19.0 Å². The van der Waals surface area contributed by atoms with Gasteiger partial charge < -0.3 is 10.1 Å². The van der Waals surface area contributed by atoms with Crippen LogP contribution in [0, 0.1) is 5.82 Å². The Morgan fingerprint density at radius 3 is 2.50 bits per heavy atom. The summed E-state index contributed by atoms with van der Waals surface area (Å²) >= 11 is 0. The summed E-state index contributed by atoms with van der Waals surface area (Å²) in [6, 6.07) is 21.5. The number of rotatable bonds is 8. The first-order chi connectivity index (χ1) is 17.6. The Balaban J connectivity index is 1.17. The fourth-order valence-corrected chi connectivity index (χ4v) is 3.49. The van der Waals surface area contributed by atoms with Crippen LogP contribution in [-0.2, 0) is 11.3 Å². The molecular formula is C25H20FN7O3. The third kappa shape index (κ3) is 5.09. The largest absolute Gasteiger partial charge is 0.475 e. The van der Waals surface area contributed by atoms with E-state index in [1.807, 2.05) is 30.3 Å². The number of aromatic nitrogens is 6. The normalized spacial score (nSPS) is 10.9. The van der Waals surface area contributed by atoms with Crippen molar-refractivity contribution in [1.29, 1.82) is 0 Å². The molecule has 5 rings (SSSR count). The average Bonchev–Trinajstić information content (AvgIpc) is 3.32. The second kappa shape index (κ2) is 10.1. The number of ether oxygens (including phenoxy) is 1. The van der Waals surface area contributed by atoms with Gasteiger partial charge in [-0.1, -0.05) is 30.3 Å². The Labute approximate surface area is 204 Å². The maximum absolute atomic E-state index is 13.2. The fraction of sp³-hybridized carbons (Fsp3) is 0.120. The minimum atomic E-state index is -0.423. The molecule has 10 nitrogen and oxygen atoms in total. The number of amides is 1. The van der Waals surface area contributed by atoms with E-state index < -0.39 is 11.5 Å².